The molecular weight excluding hydrogens is 236 g/mol. The fourth-order valence-corrected chi connectivity index (χ4v) is 2.42. The predicted octanol–water partition coefficient (Wildman–Crippen LogP) is 3.30. The molecule has 1 aromatic carbocycles. The van der Waals surface area contributed by atoms with Crippen molar-refractivity contribution in [2.24, 2.45) is 0 Å². The van der Waals surface area contributed by atoms with Gasteiger partial charge in [-0.3, -0.25) is 10.1 Å². The van der Waals surface area contributed by atoms with E-state index in [1.807, 2.05) is 30.1 Å². The predicted molar refractivity (Wildman–Crippen MR) is 71.6 cm³/mol. The van der Waals surface area contributed by atoms with Gasteiger partial charge in [-0.05, 0) is 17.9 Å². The minimum atomic E-state index is -0.357. The van der Waals surface area contributed by atoms with Crippen LogP contribution in [0.3, 0.4) is 0 Å². The number of aromatic nitrogens is 1. The zero-order chi connectivity index (χ0) is 12.3. The first-order valence-electron chi connectivity index (χ1n) is 5.53. The lowest BCUT2D eigenvalue weighted by atomic mass is 10.2. The van der Waals surface area contributed by atoms with Crippen LogP contribution in [0, 0.1) is 10.1 Å². The summed E-state index contributed by atoms with van der Waals surface area (Å²) in [7, 11) is 0. The van der Waals surface area contributed by atoms with Crippen molar-refractivity contribution in [2.75, 3.05) is 11.5 Å². The van der Waals surface area contributed by atoms with Gasteiger partial charge in [0.2, 0.25) is 0 Å². The Morgan fingerprint density at radius 2 is 2.24 bits per heavy atom. The molecule has 0 atom stereocenters. The Hall–Kier alpha value is -1.49. The summed E-state index contributed by atoms with van der Waals surface area (Å²) in [6.45, 7) is 3.08. The quantitative estimate of drug-likeness (QED) is 0.464. The molecule has 0 saturated carbocycles. The molecule has 0 radical (unpaired) electrons. The van der Waals surface area contributed by atoms with Gasteiger partial charge in [0.05, 0.1) is 4.92 Å². The van der Waals surface area contributed by atoms with Gasteiger partial charge in [-0.2, -0.15) is 11.8 Å². The average Bonchev–Trinajstić information content (AvgIpc) is 2.72. The second kappa shape index (κ2) is 5.23. The molecule has 0 aliphatic carbocycles. The Kier molecular flexibility index (Phi) is 3.68. The lowest BCUT2D eigenvalue weighted by molar-refractivity contribution is -0.384. The maximum atomic E-state index is 10.7. The SMILES string of the molecule is CCSCCn1ccc2cc([N+](=O)[O-])ccc21. The monoisotopic (exact) mass is 250 g/mol. The van der Waals surface area contributed by atoms with Gasteiger partial charge in [0, 0.05) is 41.5 Å². The highest BCUT2D eigenvalue weighted by molar-refractivity contribution is 7.99. The van der Waals surface area contributed by atoms with Gasteiger partial charge in [0.1, 0.15) is 0 Å². The number of benzene rings is 1. The molecule has 0 aliphatic rings. The van der Waals surface area contributed by atoms with E-state index in [1.165, 1.54) is 0 Å². The summed E-state index contributed by atoms with van der Waals surface area (Å²) >= 11 is 1.89. The standard InChI is InChI=1S/C12H14N2O2S/c1-2-17-8-7-13-6-5-10-9-11(14(15)16)3-4-12(10)13/h3-6,9H,2,7-8H2,1H3. The normalized spacial score (nSPS) is 10.9. The lowest BCUT2D eigenvalue weighted by Gasteiger charge is -2.04. The first kappa shape index (κ1) is 12.0. The topological polar surface area (TPSA) is 48.1 Å². The Labute approximate surface area is 104 Å². The van der Waals surface area contributed by atoms with Crippen LogP contribution >= 0.6 is 11.8 Å². The number of hydrogen-bond acceptors (Lipinski definition) is 3. The van der Waals surface area contributed by atoms with E-state index in [0.29, 0.717) is 0 Å². The Bertz CT molecular complexity index is 536. The van der Waals surface area contributed by atoms with Gasteiger partial charge in [-0.15, -0.1) is 0 Å². The van der Waals surface area contributed by atoms with Gasteiger partial charge < -0.3 is 4.57 Å². The molecule has 0 spiro atoms. The highest BCUT2D eigenvalue weighted by Gasteiger charge is 2.08. The van der Waals surface area contributed by atoms with Crippen LogP contribution in [-0.4, -0.2) is 21.0 Å². The largest absolute Gasteiger partial charge is 0.347 e. The van der Waals surface area contributed by atoms with E-state index in [2.05, 4.69) is 11.5 Å². The van der Waals surface area contributed by atoms with Crippen molar-refractivity contribution >= 4 is 28.4 Å². The molecule has 2 rings (SSSR count). The van der Waals surface area contributed by atoms with Crippen molar-refractivity contribution in [3.05, 3.63) is 40.6 Å². The highest BCUT2D eigenvalue weighted by atomic mass is 32.2. The second-order valence-corrected chi connectivity index (χ2v) is 5.10. The van der Waals surface area contributed by atoms with E-state index in [9.17, 15) is 10.1 Å². The van der Waals surface area contributed by atoms with E-state index in [4.69, 9.17) is 0 Å². The third kappa shape index (κ3) is 2.61. The van der Waals surface area contributed by atoms with E-state index in [-0.39, 0.29) is 10.6 Å². The van der Waals surface area contributed by atoms with Crippen LogP contribution < -0.4 is 0 Å². The van der Waals surface area contributed by atoms with Crippen LogP contribution in [-0.2, 0) is 6.54 Å². The minimum absolute atomic E-state index is 0.151. The summed E-state index contributed by atoms with van der Waals surface area (Å²) < 4.78 is 2.14. The number of non-ortho nitro benzene ring substituents is 1. The first-order valence-corrected chi connectivity index (χ1v) is 6.69. The van der Waals surface area contributed by atoms with Crippen molar-refractivity contribution in [1.82, 2.24) is 4.57 Å². The number of fused-ring (bicyclic) bond motifs is 1. The molecule has 0 saturated heterocycles. The lowest BCUT2D eigenvalue weighted by Crippen LogP contribution is -1.98. The first-order chi connectivity index (χ1) is 8.22. The number of thioether (sulfide) groups is 1. The number of aryl methyl sites for hydroxylation is 1. The van der Waals surface area contributed by atoms with Crippen LogP contribution in [0.25, 0.3) is 10.9 Å². The fraction of sp³-hybridized carbons (Fsp3) is 0.333. The van der Waals surface area contributed by atoms with Gasteiger partial charge in [0.15, 0.2) is 0 Å². The Balaban J connectivity index is 2.25. The molecule has 90 valence electrons. The van der Waals surface area contributed by atoms with Crippen molar-refractivity contribution < 1.29 is 4.92 Å². The van der Waals surface area contributed by atoms with Crippen LogP contribution in [0.15, 0.2) is 30.5 Å². The van der Waals surface area contributed by atoms with E-state index < -0.39 is 0 Å². The fourth-order valence-electron chi connectivity index (χ4n) is 1.80. The number of nitro benzene ring substituents is 1. The van der Waals surface area contributed by atoms with Gasteiger partial charge in [0.25, 0.3) is 5.69 Å². The van der Waals surface area contributed by atoms with Gasteiger partial charge in [-0.25, -0.2) is 0 Å². The zero-order valence-electron chi connectivity index (χ0n) is 9.63. The second-order valence-electron chi connectivity index (χ2n) is 3.71. The number of hydrogen-bond donors (Lipinski definition) is 0. The zero-order valence-corrected chi connectivity index (χ0v) is 10.4. The smallest absolute Gasteiger partial charge is 0.270 e. The average molecular weight is 250 g/mol. The number of nitrogens with zero attached hydrogens (tertiary/aromatic N) is 2. The summed E-state index contributed by atoms with van der Waals surface area (Å²) in [4.78, 5) is 10.3. The maximum absolute atomic E-state index is 10.7. The molecule has 0 amide bonds. The van der Waals surface area contributed by atoms with Crippen molar-refractivity contribution in [1.29, 1.82) is 0 Å². The third-order valence-corrected chi connectivity index (χ3v) is 3.53. The number of rotatable bonds is 5. The van der Waals surface area contributed by atoms with E-state index >= 15 is 0 Å². The Morgan fingerprint density at radius 1 is 1.41 bits per heavy atom. The molecule has 17 heavy (non-hydrogen) atoms. The molecule has 0 N–H and O–H groups in total. The molecule has 0 unspecified atom stereocenters. The van der Waals surface area contributed by atoms with Crippen LogP contribution in [0.2, 0.25) is 0 Å². The Morgan fingerprint density at radius 3 is 2.94 bits per heavy atom. The van der Waals surface area contributed by atoms with Crippen molar-refractivity contribution in [3.8, 4) is 0 Å². The van der Waals surface area contributed by atoms with Crippen molar-refractivity contribution in [3.63, 3.8) is 0 Å². The van der Waals surface area contributed by atoms with Gasteiger partial charge >= 0.3 is 0 Å². The summed E-state index contributed by atoms with van der Waals surface area (Å²) in [5.74, 6) is 2.18. The van der Waals surface area contributed by atoms with Crippen molar-refractivity contribution in [2.45, 2.75) is 13.5 Å². The molecular formula is C12H14N2O2S. The third-order valence-electron chi connectivity index (χ3n) is 2.65. The molecule has 4 nitrogen and oxygen atoms in total. The maximum Gasteiger partial charge on any atom is 0.270 e. The van der Waals surface area contributed by atoms with Crippen LogP contribution in [0.4, 0.5) is 5.69 Å². The molecule has 0 bridgehead atoms. The molecule has 2 aromatic rings. The van der Waals surface area contributed by atoms with Crippen LogP contribution in [0.5, 0.6) is 0 Å². The van der Waals surface area contributed by atoms with Gasteiger partial charge in [-0.1, -0.05) is 6.92 Å². The molecule has 0 aliphatic heterocycles. The number of nitro groups is 1. The minimum Gasteiger partial charge on any atom is -0.347 e. The summed E-state index contributed by atoms with van der Waals surface area (Å²) in [6.07, 6.45) is 1.99. The molecule has 5 heteroatoms. The summed E-state index contributed by atoms with van der Waals surface area (Å²) in [5, 5.41) is 11.6. The molecule has 1 heterocycles. The molecule has 1 aromatic heterocycles. The van der Waals surface area contributed by atoms with E-state index in [0.717, 1.165) is 29.0 Å². The van der Waals surface area contributed by atoms with E-state index in [1.54, 1.807) is 12.1 Å². The summed E-state index contributed by atoms with van der Waals surface area (Å²) in [5.41, 5.74) is 1.21. The van der Waals surface area contributed by atoms with Crippen LogP contribution in [0.1, 0.15) is 6.92 Å². The molecule has 0 fully saturated rings. The highest BCUT2D eigenvalue weighted by Crippen LogP contribution is 2.22. The summed E-state index contributed by atoms with van der Waals surface area (Å²) in [6, 6.07) is 6.94.